The molecule has 1 aromatic rings. The van der Waals surface area contributed by atoms with Crippen molar-refractivity contribution in [1.82, 2.24) is 15.0 Å². The molecule has 6 heteroatoms. The molecule has 1 heterocycles. The van der Waals surface area contributed by atoms with Gasteiger partial charge in [-0.2, -0.15) is 15.0 Å². The van der Waals surface area contributed by atoms with E-state index in [-0.39, 0.29) is 6.04 Å². The maximum atomic E-state index is 5.01. The van der Waals surface area contributed by atoms with Crippen LogP contribution in [0.25, 0.3) is 0 Å². The van der Waals surface area contributed by atoms with E-state index < -0.39 is 0 Å². The van der Waals surface area contributed by atoms with Crippen molar-refractivity contribution in [3.05, 3.63) is 0 Å². The van der Waals surface area contributed by atoms with Gasteiger partial charge < -0.3 is 15.4 Å². The van der Waals surface area contributed by atoms with Crippen LogP contribution < -0.4 is 15.4 Å². The normalized spacial score (nSPS) is 10.3. The number of methoxy groups -OCH3 is 1. The number of aromatic nitrogens is 3. The van der Waals surface area contributed by atoms with Gasteiger partial charge in [-0.1, -0.05) is 6.92 Å². The molecule has 0 aliphatic rings. The summed E-state index contributed by atoms with van der Waals surface area (Å²) in [6, 6.07) is 0.586. The summed E-state index contributed by atoms with van der Waals surface area (Å²) in [6.07, 6.45) is 1.01. The fourth-order valence-electron chi connectivity index (χ4n) is 1.09. The second kappa shape index (κ2) is 6.09. The minimum atomic E-state index is 0.270. The van der Waals surface area contributed by atoms with Gasteiger partial charge in [0.25, 0.3) is 0 Å². The molecule has 90 valence electrons. The minimum Gasteiger partial charge on any atom is -0.467 e. The van der Waals surface area contributed by atoms with E-state index in [0.29, 0.717) is 17.9 Å². The van der Waals surface area contributed by atoms with Gasteiger partial charge in [0.15, 0.2) is 0 Å². The van der Waals surface area contributed by atoms with Crippen molar-refractivity contribution in [1.29, 1.82) is 0 Å². The Bertz CT molecular complexity index is 329. The third kappa shape index (κ3) is 3.88. The molecule has 0 aromatic carbocycles. The second-order valence-corrected chi connectivity index (χ2v) is 3.70. The molecule has 6 nitrogen and oxygen atoms in total. The van der Waals surface area contributed by atoms with Crippen molar-refractivity contribution in [2.24, 2.45) is 0 Å². The fourth-order valence-corrected chi connectivity index (χ4v) is 1.09. The number of ether oxygens (including phenoxy) is 1. The Balaban J connectivity index is 2.82. The second-order valence-electron chi connectivity index (χ2n) is 3.70. The third-order valence-corrected chi connectivity index (χ3v) is 1.75. The molecular weight excluding hydrogens is 206 g/mol. The first-order valence-corrected chi connectivity index (χ1v) is 5.46. The van der Waals surface area contributed by atoms with E-state index in [1.807, 2.05) is 13.8 Å². The Morgan fingerprint density at radius 2 is 1.88 bits per heavy atom. The van der Waals surface area contributed by atoms with E-state index >= 15 is 0 Å². The van der Waals surface area contributed by atoms with Gasteiger partial charge in [-0.25, -0.2) is 0 Å². The van der Waals surface area contributed by atoms with Gasteiger partial charge in [0, 0.05) is 12.6 Å². The highest BCUT2D eigenvalue weighted by atomic mass is 16.5. The lowest BCUT2D eigenvalue weighted by Gasteiger charge is -2.10. The smallest absolute Gasteiger partial charge is 0.322 e. The van der Waals surface area contributed by atoms with E-state index in [1.54, 1.807) is 0 Å². The van der Waals surface area contributed by atoms with Crippen LogP contribution in [0.2, 0.25) is 0 Å². The third-order valence-electron chi connectivity index (χ3n) is 1.75. The largest absolute Gasteiger partial charge is 0.467 e. The minimum absolute atomic E-state index is 0.270. The summed E-state index contributed by atoms with van der Waals surface area (Å²) in [5, 5.41) is 6.21. The van der Waals surface area contributed by atoms with Gasteiger partial charge in [0.1, 0.15) is 0 Å². The van der Waals surface area contributed by atoms with Crippen molar-refractivity contribution in [3.8, 4) is 6.01 Å². The number of nitrogens with one attached hydrogen (secondary N) is 2. The molecule has 0 radical (unpaired) electrons. The van der Waals surface area contributed by atoms with Gasteiger partial charge in [0.05, 0.1) is 7.11 Å². The summed E-state index contributed by atoms with van der Waals surface area (Å²) in [5.41, 5.74) is 0. The predicted molar refractivity (Wildman–Crippen MR) is 63.9 cm³/mol. The summed E-state index contributed by atoms with van der Waals surface area (Å²) >= 11 is 0. The first kappa shape index (κ1) is 12.5. The Hall–Kier alpha value is -1.59. The summed E-state index contributed by atoms with van der Waals surface area (Å²) in [7, 11) is 1.54. The summed E-state index contributed by atoms with van der Waals surface area (Å²) in [4.78, 5) is 12.4. The van der Waals surface area contributed by atoms with E-state index in [4.69, 9.17) is 4.74 Å². The Morgan fingerprint density at radius 1 is 1.19 bits per heavy atom. The molecule has 0 saturated carbocycles. The zero-order chi connectivity index (χ0) is 12.0. The monoisotopic (exact) mass is 225 g/mol. The molecule has 0 aliphatic heterocycles. The number of hydrogen-bond donors (Lipinski definition) is 2. The predicted octanol–water partition coefficient (Wildman–Crippen LogP) is 1.52. The van der Waals surface area contributed by atoms with Crippen LogP contribution in [0.1, 0.15) is 27.2 Å². The maximum absolute atomic E-state index is 5.01. The Kier molecular flexibility index (Phi) is 4.75. The molecule has 0 bridgehead atoms. The highest BCUT2D eigenvalue weighted by Gasteiger charge is 2.06. The van der Waals surface area contributed by atoms with Crippen LogP contribution in [0, 0.1) is 0 Å². The van der Waals surface area contributed by atoms with E-state index in [2.05, 4.69) is 32.5 Å². The zero-order valence-electron chi connectivity index (χ0n) is 10.2. The summed E-state index contributed by atoms with van der Waals surface area (Å²) < 4.78 is 5.01. The molecule has 0 saturated heterocycles. The SMILES string of the molecule is CCCNc1nc(NC(C)C)nc(OC)n1. The van der Waals surface area contributed by atoms with E-state index in [9.17, 15) is 0 Å². The van der Waals surface area contributed by atoms with E-state index in [1.165, 1.54) is 7.11 Å². The lowest BCUT2D eigenvalue weighted by Crippen LogP contribution is -2.15. The molecule has 0 spiro atoms. The van der Waals surface area contributed by atoms with Gasteiger partial charge in [-0.15, -0.1) is 0 Å². The highest BCUT2D eigenvalue weighted by molar-refractivity contribution is 5.36. The lowest BCUT2D eigenvalue weighted by molar-refractivity contribution is 0.379. The van der Waals surface area contributed by atoms with Gasteiger partial charge in [-0.3, -0.25) is 0 Å². The Labute approximate surface area is 95.9 Å². The number of hydrogen-bond acceptors (Lipinski definition) is 6. The van der Waals surface area contributed by atoms with Crippen molar-refractivity contribution >= 4 is 11.9 Å². The number of rotatable bonds is 6. The molecule has 1 aromatic heterocycles. The number of nitrogens with zero attached hydrogens (tertiary/aromatic N) is 3. The standard InChI is InChI=1S/C10H19N5O/c1-5-6-11-8-13-9(12-7(2)3)15-10(14-8)16-4/h7H,5-6H2,1-4H3,(H2,11,12,13,14,15). The van der Waals surface area contributed by atoms with Crippen LogP contribution in [0.5, 0.6) is 6.01 Å². The average Bonchev–Trinajstić information content (AvgIpc) is 2.25. The van der Waals surface area contributed by atoms with Crippen LogP contribution in [0.15, 0.2) is 0 Å². The molecule has 0 unspecified atom stereocenters. The van der Waals surface area contributed by atoms with Gasteiger partial charge in [0.2, 0.25) is 11.9 Å². The first-order chi connectivity index (χ1) is 7.65. The van der Waals surface area contributed by atoms with Crippen molar-refractivity contribution in [3.63, 3.8) is 0 Å². The van der Waals surface area contributed by atoms with Crippen molar-refractivity contribution in [2.75, 3.05) is 24.3 Å². The lowest BCUT2D eigenvalue weighted by atomic mass is 10.4. The number of anilines is 2. The summed E-state index contributed by atoms with van der Waals surface area (Å²) in [6.45, 7) is 6.96. The molecule has 0 amide bonds. The van der Waals surface area contributed by atoms with Crippen LogP contribution in [0.3, 0.4) is 0 Å². The van der Waals surface area contributed by atoms with Crippen LogP contribution >= 0.6 is 0 Å². The molecule has 16 heavy (non-hydrogen) atoms. The van der Waals surface area contributed by atoms with E-state index in [0.717, 1.165) is 13.0 Å². The Morgan fingerprint density at radius 3 is 2.44 bits per heavy atom. The molecule has 0 fully saturated rings. The average molecular weight is 225 g/mol. The van der Waals surface area contributed by atoms with Crippen molar-refractivity contribution in [2.45, 2.75) is 33.2 Å². The fraction of sp³-hybridized carbons (Fsp3) is 0.700. The highest BCUT2D eigenvalue weighted by Crippen LogP contribution is 2.11. The maximum Gasteiger partial charge on any atom is 0.322 e. The van der Waals surface area contributed by atoms with Gasteiger partial charge in [-0.05, 0) is 20.3 Å². The molecule has 2 N–H and O–H groups in total. The van der Waals surface area contributed by atoms with Crippen LogP contribution in [-0.4, -0.2) is 34.6 Å². The van der Waals surface area contributed by atoms with Crippen LogP contribution in [-0.2, 0) is 0 Å². The zero-order valence-corrected chi connectivity index (χ0v) is 10.2. The molecule has 1 rings (SSSR count). The first-order valence-electron chi connectivity index (χ1n) is 5.46. The quantitative estimate of drug-likeness (QED) is 0.765. The van der Waals surface area contributed by atoms with Gasteiger partial charge >= 0.3 is 6.01 Å². The van der Waals surface area contributed by atoms with Crippen LogP contribution in [0.4, 0.5) is 11.9 Å². The summed E-state index contributed by atoms with van der Waals surface area (Å²) in [5.74, 6) is 1.07. The molecular formula is C10H19N5O. The van der Waals surface area contributed by atoms with Crippen molar-refractivity contribution < 1.29 is 4.74 Å². The molecule has 0 atom stereocenters. The topological polar surface area (TPSA) is 72.0 Å². The molecule has 0 aliphatic carbocycles.